The van der Waals surface area contributed by atoms with Crippen molar-refractivity contribution >= 4 is 0 Å². The highest BCUT2D eigenvalue weighted by Crippen LogP contribution is 2.11. The monoisotopic (exact) mass is 157 g/mol. The van der Waals surface area contributed by atoms with Gasteiger partial charge in [-0.3, -0.25) is 0 Å². The van der Waals surface area contributed by atoms with Gasteiger partial charge in [0.2, 0.25) is 0 Å². The smallest absolute Gasteiger partial charge is 0.0104 e. The van der Waals surface area contributed by atoms with Crippen LogP contribution in [-0.2, 0) is 0 Å². The molecule has 0 aliphatic heterocycles. The third-order valence-corrected chi connectivity index (χ3v) is 1.95. The molecule has 0 aromatic carbocycles. The van der Waals surface area contributed by atoms with Crippen molar-refractivity contribution in [2.45, 2.75) is 34.1 Å². The van der Waals surface area contributed by atoms with Crippen LogP contribution in [-0.4, -0.2) is 6.54 Å². The second-order valence-electron chi connectivity index (χ2n) is 3.15. The molecule has 0 aliphatic carbocycles. The van der Waals surface area contributed by atoms with E-state index in [1.807, 2.05) is 0 Å². The van der Waals surface area contributed by atoms with E-state index in [9.17, 15) is 0 Å². The van der Waals surface area contributed by atoms with Crippen molar-refractivity contribution in [2.75, 3.05) is 6.54 Å². The number of hydrogen-bond donors (Lipinski definition) is 1. The second kappa shape index (κ2) is 9.70. The van der Waals surface area contributed by atoms with Crippen LogP contribution in [0.1, 0.15) is 34.1 Å². The number of rotatable bonds is 3. The van der Waals surface area contributed by atoms with Gasteiger partial charge < -0.3 is 5.73 Å². The summed E-state index contributed by atoms with van der Waals surface area (Å²) in [5, 5.41) is 0. The Kier molecular flexibility index (Phi) is 11.7. The Morgan fingerprint density at radius 3 is 1.73 bits per heavy atom. The first-order valence-electron chi connectivity index (χ1n) is 4.41. The average molecular weight is 157 g/mol. The van der Waals surface area contributed by atoms with E-state index < -0.39 is 0 Å². The van der Waals surface area contributed by atoms with Gasteiger partial charge in [-0.1, -0.05) is 40.2 Å². The van der Waals surface area contributed by atoms with E-state index in [-0.39, 0.29) is 0 Å². The van der Waals surface area contributed by atoms with Gasteiger partial charge in [-0.25, -0.2) is 0 Å². The number of hydrogen-bond acceptors (Lipinski definition) is 1. The van der Waals surface area contributed by atoms with Crippen molar-refractivity contribution in [3.05, 3.63) is 12.7 Å². The standard InChI is InChI=1S/C7H16.C3H7N/c1-5-7(4)6(2)3;1-2-3-4/h6-7H,5H2,1-4H3;2H,1,3-4H2. The molecule has 0 aliphatic rings. The van der Waals surface area contributed by atoms with Crippen LogP contribution in [0.25, 0.3) is 0 Å². The maximum absolute atomic E-state index is 4.91. The Labute approximate surface area is 71.7 Å². The van der Waals surface area contributed by atoms with Gasteiger partial charge in [0.05, 0.1) is 0 Å². The molecule has 11 heavy (non-hydrogen) atoms. The molecule has 0 aromatic heterocycles. The average Bonchev–Trinajstić information content (AvgIpc) is 2.03. The zero-order valence-electron chi connectivity index (χ0n) is 8.43. The zero-order valence-corrected chi connectivity index (χ0v) is 8.43. The molecule has 1 unspecified atom stereocenters. The lowest BCUT2D eigenvalue weighted by molar-refractivity contribution is 0.407. The van der Waals surface area contributed by atoms with Gasteiger partial charge in [0.15, 0.2) is 0 Å². The van der Waals surface area contributed by atoms with Crippen LogP contribution in [0.15, 0.2) is 12.7 Å². The summed E-state index contributed by atoms with van der Waals surface area (Å²) in [6.45, 7) is 13.0. The fourth-order valence-corrected chi connectivity index (χ4v) is 0.471. The summed E-state index contributed by atoms with van der Waals surface area (Å²) >= 11 is 0. The van der Waals surface area contributed by atoms with Crippen molar-refractivity contribution in [2.24, 2.45) is 17.6 Å². The highest BCUT2D eigenvalue weighted by Gasteiger charge is 2.01. The molecular formula is C10H23N. The zero-order chi connectivity index (χ0) is 9.28. The maximum atomic E-state index is 4.91. The van der Waals surface area contributed by atoms with E-state index in [0.29, 0.717) is 6.54 Å². The first kappa shape index (κ1) is 13.3. The van der Waals surface area contributed by atoms with Crippen molar-refractivity contribution in [1.29, 1.82) is 0 Å². The summed E-state index contributed by atoms with van der Waals surface area (Å²) in [4.78, 5) is 0. The minimum atomic E-state index is 0.583. The lowest BCUT2D eigenvalue weighted by atomic mass is 9.96. The van der Waals surface area contributed by atoms with Crippen LogP contribution in [0.4, 0.5) is 0 Å². The molecule has 0 fully saturated rings. The topological polar surface area (TPSA) is 26.0 Å². The van der Waals surface area contributed by atoms with Crippen LogP contribution < -0.4 is 5.73 Å². The highest BCUT2D eigenvalue weighted by molar-refractivity contribution is 4.64. The van der Waals surface area contributed by atoms with Crippen LogP contribution in [0.5, 0.6) is 0 Å². The van der Waals surface area contributed by atoms with Crippen molar-refractivity contribution in [1.82, 2.24) is 0 Å². The van der Waals surface area contributed by atoms with Gasteiger partial charge in [-0.05, 0) is 11.8 Å². The van der Waals surface area contributed by atoms with E-state index in [1.165, 1.54) is 6.42 Å². The van der Waals surface area contributed by atoms with Gasteiger partial charge in [0, 0.05) is 6.54 Å². The fourth-order valence-electron chi connectivity index (χ4n) is 0.471. The van der Waals surface area contributed by atoms with Crippen LogP contribution in [0.3, 0.4) is 0 Å². The largest absolute Gasteiger partial charge is 0.327 e. The van der Waals surface area contributed by atoms with Gasteiger partial charge >= 0.3 is 0 Å². The SMILES string of the molecule is C=CCN.CCC(C)C(C)C. The number of nitrogens with two attached hydrogens (primary N) is 1. The molecule has 0 spiro atoms. The predicted octanol–water partition coefficient (Wildman–Crippen LogP) is 2.82. The Hall–Kier alpha value is -0.300. The minimum absolute atomic E-state index is 0.583. The third kappa shape index (κ3) is 12.8. The highest BCUT2D eigenvalue weighted by atomic mass is 14.5. The Bertz CT molecular complexity index is 76.9. The first-order chi connectivity index (χ1) is 5.09. The lowest BCUT2D eigenvalue weighted by Gasteiger charge is -2.10. The maximum Gasteiger partial charge on any atom is 0.0104 e. The molecule has 1 atom stereocenters. The summed E-state index contributed by atoms with van der Waals surface area (Å²) in [6, 6.07) is 0. The van der Waals surface area contributed by atoms with Crippen LogP contribution >= 0.6 is 0 Å². The molecule has 0 rings (SSSR count). The van der Waals surface area contributed by atoms with Gasteiger partial charge in [0.1, 0.15) is 0 Å². The molecule has 0 radical (unpaired) electrons. The van der Waals surface area contributed by atoms with E-state index in [1.54, 1.807) is 6.08 Å². The normalized spacial score (nSPS) is 11.8. The third-order valence-electron chi connectivity index (χ3n) is 1.95. The summed E-state index contributed by atoms with van der Waals surface area (Å²) in [5.41, 5.74) is 4.91. The minimum Gasteiger partial charge on any atom is -0.327 e. The van der Waals surface area contributed by atoms with Crippen LogP contribution in [0.2, 0.25) is 0 Å². The molecule has 0 amide bonds. The van der Waals surface area contributed by atoms with Crippen LogP contribution in [0, 0.1) is 11.8 Å². The van der Waals surface area contributed by atoms with Crippen molar-refractivity contribution < 1.29 is 0 Å². The summed E-state index contributed by atoms with van der Waals surface area (Å²) in [7, 11) is 0. The molecule has 2 N–H and O–H groups in total. The molecule has 0 aromatic rings. The van der Waals surface area contributed by atoms with Gasteiger partial charge in [-0.2, -0.15) is 0 Å². The van der Waals surface area contributed by atoms with Gasteiger partial charge in [-0.15, -0.1) is 6.58 Å². The lowest BCUT2D eigenvalue weighted by Crippen LogP contribution is -2.00. The molecular weight excluding hydrogens is 134 g/mol. The predicted molar refractivity (Wildman–Crippen MR) is 53.5 cm³/mol. The molecule has 0 saturated heterocycles. The fraction of sp³-hybridized carbons (Fsp3) is 0.800. The van der Waals surface area contributed by atoms with E-state index in [4.69, 9.17) is 5.73 Å². The molecule has 0 saturated carbocycles. The Morgan fingerprint density at radius 2 is 1.73 bits per heavy atom. The molecule has 68 valence electrons. The quantitative estimate of drug-likeness (QED) is 0.626. The van der Waals surface area contributed by atoms with Gasteiger partial charge in [0.25, 0.3) is 0 Å². The molecule has 0 bridgehead atoms. The van der Waals surface area contributed by atoms with Crippen molar-refractivity contribution in [3.63, 3.8) is 0 Å². The Balaban J connectivity index is 0. The van der Waals surface area contributed by atoms with E-state index in [0.717, 1.165) is 11.8 Å². The summed E-state index contributed by atoms with van der Waals surface area (Å²) in [5.74, 6) is 1.77. The molecule has 1 nitrogen and oxygen atoms in total. The summed E-state index contributed by atoms with van der Waals surface area (Å²) in [6.07, 6.45) is 2.97. The Morgan fingerprint density at radius 1 is 1.36 bits per heavy atom. The molecule has 1 heteroatoms. The molecule has 0 heterocycles. The second-order valence-corrected chi connectivity index (χ2v) is 3.15. The van der Waals surface area contributed by atoms with E-state index >= 15 is 0 Å². The summed E-state index contributed by atoms with van der Waals surface area (Å²) < 4.78 is 0. The van der Waals surface area contributed by atoms with E-state index in [2.05, 4.69) is 34.3 Å². The first-order valence-corrected chi connectivity index (χ1v) is 4.41. The van der Waals surface area contributed by atoms with Crippen molar-refractivity contribution in [3.8, 4) is 0 Å².